The highest BCUT2D eigenvalue weighted by atomic mass is 31.2. The van der Waals surface area contributed by atoms with Gasteiger partial charge < -0.3 is 70.4 Å². The summed E-state index contributed by atoms with van der Waals surface area (Å²) in [7, 11) is -7.20. The third kappa shape index (κ3) is 14.3. The van der Waals surface area contributed by atoms with Crippen LogP contribution in [-0.4, -0.2) is 155 Å². The molecule has 0 spiro atoms. The molecule has 5 aromatic rings. The van der Waals surface area contributed by atoms with Gasteiger partial charge in [0.25, 0.3) is 0 Å². The fourth-order valence-corrected chi connectivity index (χ4v) is 9.70. The Hall–Kier alpha value is -7.18. The summed E-state index contributed by atoms with van der Waals surface area (Å²) in [5, 5.41) is 38.3. The van der Waals surface area contributed by atoms with Crippen molar-refractivity contribution < 1.29 is 90.1 Å². The molecule has 2 saturated heterocycles. The fourth-order valence-electron chi connectivity index (χ4n) is 8.40. The summed E-state index contributed by atoms with van der Waals surface area (Å²) >= 11 is 0. The van der Waals surface area contributed by atoms with E-state index in [0.717, 1.165) is 6.33 Å². The lowest BCUT2D eigenvalue weighted by molar-refractivity contribution is -0.159. The molecule has 0 aliphatic carbocycles. The first kappa shape index (κ1) is 57.0. The number of rotatable bonds is 21. The van der Waals surface area contributed by atoms with Crippen molar-refractivity contribution in [2.75, 3.05) is 43.3 Å². The van der Waals surface area contributed by atoms with Crippen molar-refractivity contribution in [2.24, 2.45) is 5.92 Å². The van der Waals surface area contributed by atoms with Crippen molar-refractivity contribution in [3.05, 3.63) is 114 Å². The Kier molecular flexibility index (Phi) is 17.7. The first-order valence-electron chi connectivity index (χ1n) is 23.4. The molecular formula is C46H52FN11O18P2. The van der Waals surface area contributed by atoms with Gasteiger partial charge in [-0.3, -0.25) is 33.1 Å². The average Bonchev–Trinajstić information content (AvgIpc) is 4.08. The van der Waals surface area contributed by atoms with Gasteiger partial charge in [0.15, 0.2) is 23.8 Å². The normalized spacial score (nSPS) is 24.3. The number of aliphatic hydroxyl groups is 2. The van der Waals surface area contributed by atoms with E-state index in [2.05, 4.69) is 40.4 Å². The molecule has 78 heavy (non-hydrogen) atoms. The number of carbonyl (C=O) groups is 4. The van der Waals surface area contributed by atoms with E-state index in [1.54, 1.807) is 55.4 Å². The minimum absolute atomic E-state index is 0.00990. The number of phosphoric acid groups is 2. The van der Waals surface area contributed by atoms with Gasteiger partial charge in [-0.1, -0.05) is 36.4 Å². The van der Waals surface area contributed by atoms with Gasteiger partial charge in [-0.05, 0) is 53.1 Å². The second-order valence-corrected chi connectivity index (χ2v) is 20.7. The van der Waals surface area contributed by atoms with Gasteiger partial charge in [0.2, 0.25) is 11.8 Å². The molecule has 6 heterocycles. The number of halogens is 1. The molecule has 0 bridgehead atoms. The number of nitrogens with zero attached hydrogens (tertiary/aromatic N) is 6. The van der Waals surface area contributed by atoms with Gasteiger partial charge >= 0.3 is 27.7 Å². The van der Waals surface area contributed by atoms with Crippen molar-refractivity contribution in [3.8, 4) is 0 Å². The van der Waals surface area contributed by atoms with E-state index in [9.17, 15) is 57.6 Å². The number of aliphatic hydroxyl groups excluding tert-OH is 2. The largest absolute Gasteiger partial charge is 0.472 e. The molecule has 3 aliphatic heterocycles. The number of amides is 3. The van der Waals surface area contributed by atoms with Crippen molar-refractivity contribution >= 4 is 73.8 Å². The van der Waals surface area contributed by atoms with Crippen LogP contribution in [-0.2, 0) is 75.5 Å². The predicted molar refractivity (Wildman–Crippen MR) is 266 cm³/mol. The van der Waals surface area contributed by atoms with Crippen LogP contribution >= 0.6 is 15.6 Å². The van der Waals surface area contributed by atoms with E-state index in [-0.39, 0.29) is 48.2 Å². The maximum absolute atomic E-state index is 14.4. The standard InChI is InChI=1S/C46H52FN11O18P2/c1-57(2)33-14-7-25(17-50-33)15-29(55-46(64)70-18-24-5-10-27(11-6-24)54-34(59)16-23-3-8-26(47)9-4-23)45(63)75-39-30(74-44(37(39)61)58-22-53-35-41(49)51-21-52-42(35)58)20-72-78(68,69)76-40-31(19-71-77(65,66)67)73-38(36(40)60)28-12-13-32(48)56-43(28)62/h3-14,17,21-22,28-31,36-40,44,60-61H,15-16,18-20H2,1-2H3,(H,54,59)(H,55,64)(H,68,69)(H2,48,56,62)(H2,49,51,52)(H2,65,66,67)/t28?,29-,30+,31+,36-,37+,38-,39+,40+,44+/m0/s1. The van der Waals surface area contributed by atoms with Gasteiger partial charge in [-0.15, -0.1) is 0 Å². The maximum Gasteiger partial charge on any atom is 0.472 e. The molecule has 11 N–H and O–H groups in total. The number of nitrogens with two attached hydrogens (primary N) is 1. The monoisotopic (exact) mass is 1130 g/mol. The maximum atomic E-state index is 14.4. The number of nitrogen functional groups attached to an aromatic ring is 1. The van der Waals surface area contributed by atoms with E-state index in [0.29, 0.717) is 28.2 Å². The van der Waals surface area contributed by atoms with Gasteiger partial charge in [0.05, 0.1) is 31.9 Å². The Morgan fingerprint density at radius 2 is 1.60 bits per heavy atom. The van der Waals surface area contributed by atoms with Crippen molar-refractivity contribution in [3.63, 3.8) is 0 Å². The van der Waals surface area contributed by atoms with E-state index in [4.69, 9.17) is 39.1 Å². The Morgan fingerprint density at radius 1 is 0.910 bits per heavy atom. The number of fused-ring (bicyclic) bond motifs is 1. The summed E-state index contributed by atoms with van der Waals surface area (Å²) in [6, 6.07) is 13.5. The summed E-state index contributed by atoms with van der Waals surface area (Å²) in [4.78, 5) is 102. The first-order chi connectivity index (χ1) is 37.0. The zero-order valence-electron chi connectivity index (χ0n) is 41.0. The molecule has 2 fully saturated rings. The number of imidazole rings is 1. The van der Waals surface area contributed by atoms with E-state index >= 15 is 0 Å². The molecule has 3 aliphatic rings. The Morgan fingerprint density at radius 3 is 2.28 bits per heavy atom. The Bertz CT molecular complexity index is 3130. The molecule has 3 amide bonds. The van der Waals surface area contributed by atoms with Crippen LogP contribution in [0.3, 0.4) is 0 Å². The minimum atomic E-state index is -5.50. The summed E-state index contributed by atoms with van der Waals surface area (Å²) in [5.74, 6) is -3.91. The quantitative estimate of drug-likeness (QED) is 0.0361. The summed E-state index contributed by atoms with van der Waals surface area (Å²) in [6.07, 6.45) is -9.41. The number of alkyl carbamates (subject to hydrolysis) is 1. The van der Waals surface area contributed by atoms with Gasteiger partial charge in [-0.25, -0.2) is 43.0 Å². The van der Waals surface area contributed by atoms with Crippen molar-refractivity contribution in [1.82, 2.24) is 35.1 Å². The summed E-state index contributed by atoms with van der Waals surface area (Å²) in [6.45, 7) is -2.39. The van der Waals surface area contributed by atoms with Crippen LogP contribution in [0.5, 0.6) is 0 Å². The lowest BCUT2D eigenvalue weighted by Crippen LogP contribution is -2.47. The highest BCUT2D eigenvalue weighted by molar-refractivity contribution is 7.47. The van der Waals surface area contributed by atoms with E-state index in [1.165, 1.54) is 53.5 Å². The molecule has 2 aromatic carbocycles. The molecule has 11 atom stereocenters. The molecule has 0 radical (unpaired) electrons. The van der Waals surface area contributed by atoms with Crippen molar-refractivity contribution in [2.45, 2.75) is 74.4 Å². The van der Waals surface area contributed by atoms with Crippen LogP contribution in [0.1, 0.15) is 22.9 Å². The average molecular weight is 1130 g/mol. The van der Waals surface area contributed by atoms with Crippen molar-refractivity contribution in [1.29, 1.82) is 5.41 Å². The lowest BCUT2D eigenvalue weighted by atomic mass is 9.93. The smallest absolute Gasteiger partial charge is 0.455 e. The van der Waals surface area contributed by atoms with Crippen LogP contribution in [0.15, 0.2) is 91.7 Å². The molecular weight excluding hydrogens is 1080 g/mol. The van der Waals surface area contributed by atoms with Gasteiger partial charge in [0.1, 0.15) is 78.6 Å². The molecule has 8 rings (SSSR count). The lowest BCUT2D eigenvalue weighted by Gasteiger charge is -2.26. The van der Waals surface area contributed by atoms with Crippen LogP contribution < -0.4 is 26.6 Å². The third-order valence-electron chi connectivity index (χ3n) is 12.2. The van der Waals surface area contributed by atoms with Crippen LogP contribution in [0.2, 0.25) is 0 Å². The number of phosphoric ester groups is 2. The second kappa shape index (κ2) is 24.2. The number of amidine groups is 1. The minimum Gasteiger partial charge on any atom is -0.455 e. The van der Waals surface area contributed by atoms with Gasteiger partial charge in [-0.2, -0.15) is 0 Å². The van der Waals surface area contributed by atoms with Crippen LogP contribution in [0.4, 0.5) is 26.5 Å². The number of hydrogen-bond acceptors (Lipinski definition) is 22. The molecule has 0 saturated carbocycles. The number of pyridine rings is 1. The predicted octanol–water partition coefficient (Wildman–Crippen LogP) is 0.917. The summed E-state index contributed by atoms with van der Waals surface area (Å²) in [5.41, 5.74) is 8.04. The molecule has 32 heteroatoms. The highest BCUT2D eigenvalue weighted by Crippen LogP contribution is 2.50. The zero-order valence-corrected chi connectivity index (χ0v) is 42.8. The SMILES string of the molecule is CN(C)c1ccc(C[C@H](NC(=O)OCc2ccc(NC(=O)Cc3ccc(F)cc3)cc2)C(=O)O[C@H]2[C@@H](O)[C@H](n3cnc4c(N)ncnc43)O[C@@H]2COP(=O)(O)O[C@H]2[C@@H](O)[C@H](C3C=CC(=N)NC3=O)O[C@@H]2COP(=O)(O)O)cn1. The number of carbonyl (C=O) groups excluding carboxylic acids is 4. The number of nitrogens with one attached hydrogen (secondary N) is 4. The van der Waals surface area contributed by atoms with Crippen LogP contribution in [0.25, 0.3) is 11.2 Å². The topological polar surface area (TPSA) is 414 Å². The highest BCUT2D eigenvalue weighted by Gasteiger charge is 2.54. The summed E-state index contributed by atoms with van der Waals surface area (Å²) < 4.78 is 78.3. The fraction of sp³-hybridized carbons (Fsp3) is 0.370. The molecule has 2 unspecified atom stereocenters. The van der Waals surface area contributed by atoms with E-state index in [1.807, 2.05) is 0 Å². The molecule has 29 nitrogen and oxygen atoms in total. The number of ether oxygens (including phenoxy) is 4. The third-order valence-corrected chi connectivity index (χ3v) is 13.7. The van der Waals surface area contributed by atoms with Gasteiger partial charge in [0, 0.05) is 32.4 Å². The number of esters is 1. The number of anilines is 3. The second-order valence-electron chi connectivity index (χ2n) is 18.0. The Balaban J connectivity index is 0.992. The molecule has 3 aromatic heterocycles. The Labute approximate surface area is 441 Å². The zero-order chi connectivity index (χ0) is 56.1. The van der Waals surface area contributed by atoms with E-state index < -0.39 is 114 Å². The number of benzene rings is 2. The number of hydrogen-bond donors (Lipinski definition) is 10. The number of aromatic nitrogens is 5. The molecule has 416 valence electrons. The first-order valence-corrected chi connectivity index (χ1v) is 26.5. The van der Waals surface area contributed by atoms with Crippen LogP contribution in [0, 0.1) is 17.1 Å².